The molecule has 0 saturated carbocycles. The van der Waals surface area contributed by atoms with Crippen molar-refractivity contribution < 1.29 is 9.47 Å². The van der Waals surface area contributed by atoms with Crippen LogP contribution in [0.2, 0.25) is 0 Å². The molecular weight excluding hydrogens is 260 g/mol. The van der Waals surface area contributed by atoms with Crippen molar-refractivity contribution in [2.75, 3.05) is 45.4 Å². The molecule has 0 unspecified atom stereocenters. The molecule has 0 saturated heterocycles. The van der Waals surface area contributed by atoms with E-state index < -0.39 is 0 Å². The van der Waals surface area contributed by atoms with Crippen molar-refractivity contribution in [3.05, 3.63) is 29.8 Å². The van der Waals surface area contributed by atoms with Gasteiger partial charge in [-0.05, 0) is 30.7 Å². The van der Waals surface area contributed by atoms with Gasteiger partial charge in [0.15, 0.2) is 0 Å². The molecule has 2 N–H and O–H groups in total. The fourth-order valence-corrected chi connectivity index (χ4v) is 1.79. The molecule has 0 aliphatic carbocycles. The average molecular weight is 282 g/mol. The largest absolute Gasteiger partial charge is 0.389 e. The summed E-state index contributed by atoms with van der Waals surface area (Å²) in [5, 5.41) is 0. The number of anilines is 1. The number of methoxy groups -OCH3 is 1. The third-order valence-electron chi connectivity index (χ3n) is 2.81. The van der Waals surface area contributed by atoms with Gasteiger partial charge in [-0.1, -0.05) is 12.2 Å². The molecule has 0 fully saturated rings. The number of thiocarbonyl (C=S) groups is 1. The molecule has 0 aliphatic rings. The summed E-state index contributed by atoms with van der Waals surface area (Å²) in [5.41, 5.74) is 7.62. The van der Waals surface area contributed by atoms with Crippen molar-refractivity contribution >= 4 is 22.9 Å². The van der Waals surface area contributed by atoms with Gasteiger partial charge in [0.25, 0.3) is 0 Å². The first-order valence-corrected chi connectivity index (χ1v) is 6.73. The summed E-state index contributed by atoms with van der Waals surface area (Å²) in [7, 11) is 3.73. The number of nitrogens with two attached hydrogens (primary N) is 1. The summed E-state index contributed by atoms with van der Waals surface area (Å²) >= 11 is 4.93. The summed E-state index contributed by atoms with van der Waals surface area (Å²) in [6.45, 7) is 3.00. The molecule has 0 heterocycles. The molecule has 0 aromatic heterocycles. The van der Waals surface area contributed by atoms with Crippen molar-refractivity contribution in [3.63, 3.8) is 0 Å². The van der Waals surface area contributed by atoms with E-state index in [0.717, 1.165) is 30.8 Å². The second kappa shape index (κ2) is 8.85. The molecule has 5 heteroatoms. The van der Waals surface area contributed by atoms with Gasteiger partial charge in [-0.15, -0.1) is 0 Å². The monoisotopic (exact) mass is 282 g/mol. The van der Waals surface area contributed by atoms with Crippen LogP contribution in [0.3, 0.4) is 0 Å². The van der Waals surface area contributed by atoms with E-state index in [1.54, 1.807) is 7.11 Å². The van der Waals surface area contributed by atoms with Gasteiger partial charge in [0.1, 0.15) is 4.99 Å². The highest BCUT2D eigenvalue weighted by atomic mass is 32.1. The SMILES string of the molecule is COCCOCCCN(C)c1ccc(C(N)=S)cc1. The number of rotatable bonds is 9. The molecule has 106 valence electrons. The molecule has 1 aromatic carbocycles. The first kappa shape index (κ1) is 15.9. The van der Waals surface area contributed by atoms with Gasteiger partial charge in [-0.2, -0.15) is 0 Å². The Morgan fingerprint density at radius 1 is 1.21 bits per heavy atom. The number of hydrogen-bond acceptors (Lipinski definition) is 4. The maximum Gasteiger partial charge on any atom is 0.103 e. The molecular formula is C14H22N2O2S. The lowest BCUT2D eigenvalue weighted by atomic mass is 10.2. The normalized spacial score (nSPS) is 10.4. The van der Waals surface area contributed by atoms with E-state index in [2.05, 4.69) is 11.9 Å². The Kier molecular flexibility index (Phi) is 7.40. The molecule has 1 rings (SSSR count). The van der Waals surface area contributed by atoms with Crippen molar-refractivity contribution in [1.82, 2.24) is 0 Å². The van der Waals surface area contributed by atoms with Crippen LogP contribution >= 0.6 is 12.2 Å². The standard InChI is InChI=1S/C14H22N2O2S/c1-16(8-3-9-18-11-10-17-2)13-6-4-12(5-7-13)14(15)19/h4-7H,3,8-11H2,1-2H3,(H2,15,19). The molecule has 0 radical (unpaired) electrons. The van der Waals surface area contributed by atoms with E-state index >= 15 is 0 Å². The van der Waals surface area contributed by atoms with Crippen LogP contribution in [0.25, 0.3) is 0 Å². The van der Waals surface area contributed by atoms with Gasteiger partial charge in [0.2, 0.25) is 0 Å². The van der Waals surface area contributed by atoms with E-state index in [0.29, 0.717) is 18.2 Å². The van der Waals surface area contributed by atoms with Crippen LogP contribution in [-0.2, 0) is 9.47 Å². The Balaban J connectivity index is 2.29. The van der Waals surface area contributed by atoms with Crippen molar-refractivity contribution in [2.45, 2.75) is 6.42 Å². The predicted molar refractivity (Wildman–Crippen MR) is 82.9 cm³/mol. The molecule has 0 spiro atoms. The van der Waals surface area contributed by atoms with E-state index in [4.69, 9.17) is 27.4 Å². The molecule has 1 aromatic rings. The summed E-state index contributed by atoms with van der Waals surface area (Å²) in [5.74, 6) is 0. The molecule has 19 heavy (non-hydrogen) atoms. The quantitative estimate of drug-likeness (QED) is 0.553. The van der Waals surface area contributed by atoms with E-state index in [1.807, 2.05) is 24.3 Å². The van der Waals surface area contributed by atoms with E-state index in [-0.39, 0.29) is 0 Å². The Labute approximate surface area is 120 Å². The highest BCUT2D eigenvalue weighted by Gasteiger charge is 2.02. The predicted octanol–water partition coefficient (Wildman–Crippen LogP) is 1.81. The lowest BCUT2D eigenvalue weighted by Crippen LogP contribution is -2.20. The maximum atomic E-state index is 5.57. The Hall–Kier alpha value is -1.17. The van der Waals surface area contributed by atoms with Crippen LogP contribution in [0.5, 0.6) is 0 Å². The summed E-state index contributed by atoms with van der Waals surface area (Å²) in [6.07, 6.45) is 0.983. The molecule has 0 bridgehead atoms. The molecule has 4 nitrogen and oxygen atoms in total. The van der Waals surface area contributed by atoms with Gasteiger partial charge in [0, 0.05) is 38.6 Å². The first-order chi connectivity index (χ1) is 9.15. The smallest absolute Gasteiger partial charge is 0.103 e. The number of hydrogen-bond donors (Lipinski definition) is 1. The summed E-state index contributed by atoms with van der Waals surface area (Å²) < 4.78 is 10.3. The van der Waals surface area contributed by atoms with Gasteiger partial charge >= 0.3 is 0 Å². The average Bonchev–Trinajstić information content (AvgIpc) is 2.42. The minimum Gasteiger partial charge on any atom is -0.389 e. The van der Waals surface area contributed by atoms with E-state index in [1.165, 1.54) is 0 Å². The third kappa shape index (κ3) is 6.00. The maximum absolute atomic E-state index is 5.57. The zero-order chi connectivity index (χ0) is 14.1. The Bertz CT molecular complexity index is 382. The van der Waals surface area contributed by atoms with Crippen LogP contribution in [0.15, 0.2) is 24.3 Å². The Morgan fingerprint density at radius 3 is 2.47 bits per heavy atom. The van der Waals surface area contributed by atoms with Gasteiger partial charge in [-0.3, -0.25) is 0 Å². The lowest BCUT2D eigenvalue weighted by molar-refractivity contribution is 0.0701. The minimum absolute atomic E-state index is 0.431. The van der Waals surface area contributed by atoms with Crippen LogP contribution < -0.4 is 10.6 Å². The highest BCUT2D eigenvalue weighted by Crippen LogP contribution is 2.14. The van der Waals surface area contributed by atoms with Crippen molar-refractivity contribution in [3.8, 4) is 0 Å². The zero-order valence-electron chi connectivity index (χ0n) is 11.6. The van der Waals surface area contributed by atoms with Crippen LogP contribution in [0.1, 0.15) is 12.0 Å². The minimum atomic E-state index is 0.431. The van der Waals surface area contributed by atoms with Crippen molar-refractivity contribution in [1.29, 1.82) is 0 Å². The van der Waals surface area contributed by atoms with Crippen LogP contribution in [-0.4, -0.2) is 45.5 Å². The molecule has 0 amide bonds. The first-order valence-electron chi connectivity index (χ1n) is 6.33. The highest BCUT2D eigenvalue weighted by molar-refractivity contribution is 7.80. The fourth-order valence-electron chi connectivity index (χ4n) is 1.66. The second-order valence-electron chi connectivity index (χ2n) is 4.29. The molecule has 0 atom stereocenters. The lowest BCUT2D eigenvalue weighted by Gasteiger charge is -2.19. The summed E-state index contributed by atoms with van der Waals surface area (Å²) in [6, 6.07) is 7.95. The number of benzene rings is 1. The number of nitrogens with zero attached hydrogens (tertiary/aromatic N) is 1. The van der Waals surface area contributed by atoms with Crippen LogP contribution in [0.4, 0.5) is 5.69 Å². The van der Waals surface area contributed by atoms with E-state index in [9.17, 15) is 0 Å². The topological polar surface area (TPSA) is 47.7 Å². The third-order valence-corrected chi connectivity index (χ3v) is 3.04. The van der Waals surface area contributed by atoms with Gasteiger partial charge < -0.3 is 20.1 Å². The van der Waals surface area contributed by atoms with Gasteiger partial charge in [0.05, 0.1) is 13.2 Å². The van der Waals surface area contributed by atoms with Crippen LogP contribution in [0, 0.1) is 0 Å². The zero-order valence-corrected chi connectivity index (χ0v) is 12.4. The second-order valence-corrected chi connectivity index (χ2v) is 4.73. The van der Waals surface area contributed by atoms with Gasteiger partial charge in [-0.25, -0.2) is 0 Å². The molecule has 0 aliphatic heterocycles. The summed E-state index contributed by atoms with van der Waals surface area (Å²) in [4.78, 5) is 2.61. The number of ether oxygens (including phenoxy) is 2. The van der Waals surface area contributed by atoms with Crippen molar-refractivity contribution in [2.24, 2.45) is 5.73 Å². The Morgan fingerprint density at radius 2 is 1.89 bits per heavy atom. The fraction of sp³-hybridized carbons (Fsp3) is 0.500.